The molecule has 1 N–H and O–H groups in total. The molecule has 1 heterocycles. The number of benzene rings is 1. The van der Waals surface area contributed by atoms with Gasteiger partial charge >= 0.3 is 5.97 Å². The molecule has 0 unspecified atom stereocenters. The van der Waals surface area contributed by atoms with Crippen molar-refractivity contribution >= 4 is 33.7 Å². The molecule has 4 nitrogen and oxygen atoms in total. The number of halogens is 1. The van der Waals surface area contributed by atoms with Gasteiger partial charge in [-0.1, -0.05) is 0 Å². The standard InChI is InChI=1S/C12H11BrN2O2S/c1-15-5-4-14-11(15)7-18-8-2-3-10(13)9(6-8)12(16)17/h2-6H,7H2,1H3,(H,16,17). The van der Waals surface area contributed by atoms with Crippen LogP contribution in [0.5, 0.6) is 0 Å². The number of carboxylic acids is 1. The van der Waals surface area contributed by atoms with Crippen molar-refractivity contribution in [1.29, 1.82) is 0 Å². The van der Waals surface area contributed by atoms with Crippen molar-refractivity contribution in [2.75, 3.05) is 0 Å². The number of hydrogen-bond donors (Lipinski definition) is 1. The lowest BCUT2D eigenvalue weighted by molar-refractivity contribution is 0.0695. The second kappa shape index (κ2) is 5.58. The predicted octanol–water partition coefficient (Wildman–Crippen LogP) is 3.17. The highest BCUT2D eigenvalue weighted by atomic mass is 79.9. The first-order chi connectivity index (χ1) is 8.58. The lowest BCUT2D eigenvalue weighted by Crippen LogP contribution is -1.98. The number of carboxylic acid groups (broad SMARTS) is 1. The summed E-state index contributed by atoms with van der Waals surface area (Å²) >= 11 is 4.79. The number of thioether (sulfide) groups is 1. The Labute approximate surface area is 117 Å². The van der Waals surface area contributed by atoms with Crippen LogP contribution in [0.15, 0.2) is 40.0 Å². The highest BCUT2D eigenvalue weighted by Gasteiger charge is 2.09. The third-order valence-electron chi connectivity index (χ3n) is 2.46. The largest absolute Gasteiger partial charge is 0.478 e. The minimum absolute atomic E-state index is 0.278. The van der Waals surface area contributed by atoms with Gasteiger partial charge in [0.05, 0.1) is 11.3 Å². The van der Waals surface area contributed by atoms with Crippen LogP contribution in [0.2, 0.25) is 0 Å². The molecule has 2 aromatic rings. The Bertz CT molecular complexity index is 583. The molecule has 0 bridgehead atoms. The lowest BCUT2D eigenvalue weighted by Gasteiger charge is -2.05. The molecule has 94 valence electrons. The molecule has 0 fully saturated rings. The molecule has 0 aliphatic heterocycles. The summed E-state index contributed by atoms with van der Waals surface area (Å²) in [6.07, 6.45) is 3.64. The average Bonchev–Trinajstić information content (AvgIpc) is 2.73. The van der Waals surface area contributed by atoms with Crippen LogP contribution in [-0.2, 0) is 12.8 Å². The van der Waals surface area contributed by atoms with E-state index in [0.717, 1.165) is 10.7 Å². The number of aromatic carboxylic acids is 1. The maximum absolute atomic E-state index is 11.0. The van der Waals surface area contributed by atoms with Gasteiger partial charge in [0, 0.05) is 28.8 Å². The van der Waals surface area contributed by atoms with E-state index in [0.29, 0.717) is 10.2 Å². The summed E-state index contributed by atoms with van der Waals surface area (Å²) < 4.78 is 2.54. The summed E-state index contributed by atoms with van der Waals surface area (Å²) in [6, 6.07) is 5.31. The molecule has 6 heteroatoms. The first kappa shape index (κ1) is 13.2. The van der Waals surface area contributed by atoms with E-state index in [4.69, 9.17) is 5.11 Å². The molecule has 1 aromatic heterocycles. The number of carbonyl (C=O) groups is 1. The van der Waals surface area contributed by atoms with Gasteiger partial charge in [0.15, 0.2) is 0 Å². The monoisotopic (exact) mass is 326 g/mol. The Morgan fingerprint density at radius 2 is 2.33 bits per heavy atom. The highest BCUT2D eigenvalue weighted by molar-refractivity contribution is 9.10. The highest BCUT2D eigenvalue weighted by Crippen LogP contribution is 2.26. The minimum atomic E-state index is -0.929. The maximum atomic E-state index is 11.0. The van der Waals surface area contributed by atoms with E-state index in [2.05, 4.69) is 20.9 Å². The van der Waals surface area contributed by atoms with Gasteiger partial charge in [-0.3, -0.25) is 0 Å². The van der Waals surface area contributed by atoms with Crippen LogP contribution in [-0.4, -0.2) is 20.6 Å². The number of nitrogens with zero attached hydrogens (tertiary/aromatic N) is 2. The SMILES string of the molecule is Cn1ccnc1CSc1ccc(Br)c(C(=O)O)c1. The van der Waals surface area contributed by atoms with Crippen LogP contribution >= 0.6 is 27.7 Å². The van der Waals surface area contributed by atoms with Crippen molar-refractivity contribution in [2.45, 2.75) is 10.6 Å². The molecule has 0 aliphatic rings. The molecule has 0 aliphatic carbocycles. The average molecular weight is 327 g/mol. The fourth-order valence-electron chi connectivity index (χ4n) is 1.44. The lowest BCUT2D eigenvalue weighted by atomic mass is 10.2. The molecular weight excluding hydrogens is 316 g/mol. The van der Waals surface area contributed by atoms with Crippen LogP contribution in [0.3, 0.4) is 0 Å². The number of imidazole rings is 1. The number of hydrogen-bond acceptors (Lipinski definition) is 3. The van der Waals surface area contributed by atoms with Crippen molar-refractivity contribution in [1.82, 2.24) is 9.55 Å². The van der Waals surface area contributed by atoms with Crippen molar-refractivity contribution in [3.63, 3.8) is 0 Å². The zero-order valence-electron chi connectivity index (χ0n) is 9.63. The van der Waals surface area contributed by atoms with E-state index in [1.165, 1.54) is 0 Å². The van der Waals surface area contributed by atoms with Crippen molar-refractivity contribution in [3.05, 3.63) is 46.5 Å². The summed E-state index contributed by atoms with van der Waals surface area (Å²) in [4.78, 5) is 16.1. The first-order valence-corrected chi connectivity index (χ1v) is 6.97. The van der Waals surface area contributed by atoms with Gasteiger partial charge in [-0.2, -0.15) is 0 Å². The predicted molar refractivity (Wildman–Crippen MR) is 73.9 cm³/mol. The normalized spacial score (nSPS) is 10.6. The Hall–Kier alpha value is -1.27. The van der Waals surface area contributed by atoms with Crippen LogP contribution in [0.25, 0.3) is 0 Å². The fraction of sp³-hybridized carbons (Fsp3) is 0.167. The van der Waals surface area contributed by atoms with E-state index in [1.54, 1.807) is 30.1 Å². The van der Waals surface area contributed by atoms with Gasteiger partial charge in [0.2, 0.25) is 0 Å². The molecule has 0 radical (unpaired) electrons. The smallest absolute Gasteiger partial charge is 0.336 e. The summed E-state index contributed by atoms with van der Waals surface area (Å²) in [5.41, 5.74) is 0.278. The quantitative estimate of drug-likeness (QED) is 0.877. The molecular formula is C12H11BrN2O2S. The molecule has 0 saturated carbocycles. The Balaban J connectivity index is 2.13. The molecule has 1 aromatic carbocycles. The summed E-state index contributed by atoms with van der Waals surface area (Å²) in [6.45, 7) is 0. The summed E-state index contributed by atoms with van der Waals surface area (Å²) in [5.74, 6) is 0.741. The van der Waals surface area contributed by atoms with Crippen LogP contribution in [0.1, 0.15) is 16.2 Å². The van der Waals surface area contributed by atoms with E-state index < -0.39 is 5.97 Å². The molecule has 0 spiro atoms. The van der Waals surface area contributed by atoms with E-state index in [9.17, 15) is 4.79 Å². The van der Waals surface area contributed by atoms with Crippen molar-refractivity contribution in [2.24, 2.45) is 7.05 Å². The van der Waals surface area contributed by atoms with E-state index >= 15 is 0 Å². The van der Waals surface area contributed by atoms with Gasteiger partial charge < -0.3 is 9.67 Å². The minimum Gasteiger partial charge on any atom is -0.478 e. The molecule has 2 rings (SSSR count). The van der Waals surface area contributed by atoms with Gasteiger partial charge in [-0.25, -0.2) is 9.78 Å². The third-order valence-corrected chi connectivity index (χ3v) is 4.14. The van der Waals surface area contributed by atoms with Crippen molar-refractivity contribution in [3.8, 4) is 0 Å². The Kier molecular flexibility index (Phi) is 4.08. The van der Waals surface area contributed by atoms with Gasteiger partial charge in [-0.05, 0) is 34.1 Å². The van der Waals surface area contributed by atoms with Crippen LogP contribution in [0.4, 0.5) is 0 Å². The second-order valence-electron chi connectivity index (χ2n) is 3.69. The Morgan fingerprint density at radius 1 is 1.56 bits per heavy atom. The summed E-state index contributed by atoms with van der Waals surface area (Å²) in [5, 5.41) is 9.03. The third kappa shape index (κ3) is 2.94. The second-order valence-corrected chi connectivity index (χ2v) is 5.59. The topological polar surface area (TPSA) is 55.1 Å². The first-order valence-electron chi connectivity index (χ1n) is 5.20. The Morgan fingerprint density at radius 3 is 2.94 bits per heavy atom. The van der Waals surface area contributed by atoms with E-state index in [1.807, 2.05) is 23.9 Å². The van der Waals surface area contributed by atoms with Gasteiger partial charge in [-0.15, -0.1) is 11.8 Å². The number of aromatic nitrogens is 2. The zero-order chi connectivity index (χ0) is 13.1. The fourth-order valence-corrected chi connectivity index (χ4v) is 2.80. The van der Waals surface area contributed by atoms with Gasteiger partial charge in [0.1, 0.15) is 5.82 Å². The van der Waals surface area contributed by atoms with Gasteiger partial charge in [0.25, 0.3) is 0 Å². The molecule has 18 heavy (non-hydrogen) atoms. The molecule has 0 atom stereocenters. The molecule has 0 amide bonds. The molecule has 0 saturated heterocycles. The van der Waals surface area contributed by atoms with Crippen LogP contribution in [0, 0.1) is 0 Å². The zero-order valence-corrected chi connectivity index (χ0v) is 12.0. The number of rotatable bonds is 4. The summed E-state index contributed by atoms with van der Waals surface area (Å²) in [7, 11) is 1.94. The maximum Gasteiger partial charge on any atom is 0.336 e. The van der Waals surface area contributed by atoms with E-state index in [-0.39, 0.29) is 5.56 Å². The van der Waals surface area contributed by atoms with Crippen LogP contribution < -0.4 is 0 Å². The van der Waals surface area contributed by atoms with Crippen molar-refractivity contribution < 1.29 is 9.90 Å². The number of aryl methyl sites for hydroxylation is 1.